The van der Waals surface area contributed by atoms with Gasteiger partial charge >= 0.3 is 6.09 Å². The predicted octanol–water partition coefficient (Wildman–Crippen LogP) is 5.56. The summed E-state index contributed by atoms with van der Waals surface area (Å²) in [6, 6.07) is 19.0. The number of para-hydroxylation sites is 1. The zero-order valence-corrected chi connectivity index (χ0v) is 26.5. The Morgan fingerprint density at radius 2 is 1.43 bits per heavy atom. The lowest BCUT2D eigenvalue weighted by Crippen LogP contribution is -2.51. The molecule has 49 heavy (non-hydrogen) atoms. The van der Waals surface area contributed by atoms with Crippen molar-refractivity contribution in [2.45, 2.75) is 37.1 Å². The molecule has 1 aliphatic heterocycles. The van der Waals surface area contributed by atoms with Crippen LogP contribution >= 0.6 is 0 Å². The molecule has 0 saturated carbocycles. The van der Waals surface area contributed by atoms with Crippen molar-refractivity contribution in [2.75, 3.05) is 31.7 Å². The summed E-state index contributed by atoms with van der Waals surface area (Å²) in [5, 5.41) is 8.91. The third kappa shape index (κ3) is 9.48. The molecule has 9 nitrogen and oxygen atoms in total. The molecule has 1 heterocycles. The van der Waals surface area contributed by atoms with Gasteiger partial charge in [-0.05, 0) is 72.1 Å². The number of primary amides is 1. The van der Waals surface area contributed by atoms with Crippen LogP contribution in [0.1, 0.15) is 35.6 Å². The third-order valence-corrected chi connectivity index (χ3v) is 8.08. The Kier molecular flexibility index (Phi) is 11.7. The number of anilines is 1. The summed E-state index contributed by atoms with van der Waals surface area (Å²) in [6.45, 7) is 2.19. The van der Waals surface area contributed by atoms with Crippen LogP contribution in [0.5, 0.6) is 5.75 Å². The van der Waals surface area contributed by atoms with E-state index in [-0.39, 0.29) is 43.1 Å². The number of alkyl carbamates (subject to hydrolysis) is 1. The minimum atomic E-state index is -1.18. The highest BCUT2D eigenvalue weighted by molar-refractivity contribution is 5.85. The number of nitrogens with two attached hydrogens (primary N) is 1. The molecule has 1 aliphatic rings. The maximum Gasteiger partial charge on any atom is 0.407 e. The monoisotopic (exact) mass is 680 g/mol. The average Bonchev–Trinajstić information content (AvgIpc) is 3.09. The first-order chi connectivity index (χ1) is 23.6. The summed E-state index contributed by atoms with van der Waals surface area (Å²) >= 11 is 0. The smallest absolute Gasteiger partial charge is 0.407 e. The van der Waals surface area contributed by atoms with E-state index in [1.807, 2.05) is 0 Å². The van der Waals surface area contributed by atoms with Crippen molar-refractivity contribution < 1.29 is 41.4 Å². The normalized spacial score (nSPS) is 17.2. The second-order valence-corrected chi connectivity index (χ2v) is 11.6. The Morgan fingerprint density at radius 3 is 1.96 bits per heavy atom. The Labute approximate surface area is 280 Å². The molecule has 4 aromatic carbocycles. The number of halogens is 4. The average molecular weight is 681 g/mol. The molecule has 4 aromatic rings. The maximum absolute atomic E-state index is 15.2. The molecule has 0 aliphatic carbocycles. The number of rotatable bonds is 13. The molecule has 4 atom stereocenters. The van der Waals surface area contributed by atoms with Crippen LogP contribution in [0.15, 0.2) is 91.0 Å². The lowest BCUT2D eigenvalue weighted by atomic mass is 9.84. The Morgan fingerprint density at radius 1 is 0.857 bits per heavy atom. The molecule has 1 fully saturated rings. The molecule has 0 spiro atoms. The van der Waals surface area contributed by atoms with E-state index in [0.717, 1.165) is 5.56 Å². The van der Waals surface area contributed by atoms with Crippen molar-refractivity contribution in [1.82, 2.24) is 10.6 Å². The van der Waals surface area contributed by atoms with Crippen LogP contribution in [0.25, 0.3) is 0 Å². The molecule has 2 amide bonds. The number of nitrogens with one attached hydrogen (secondary N) is 3. The molecule has 0 aromatic heterocycles. The van der Waals surface area contributed by atoms with Gasteiger partial charge in [0.2, 0.25) is 5.91 Å². The lowest BCUT2D eigenvalue weighted by Gasteiger charge is -2.31. The highest BCUT2D eigenvalue weighted by Gasteiger charge is 2.31. The summed E-state index contributed by atoms with van der Waals surface area (Å²) in [7, 11) is 0. The van der Waals surface area contributed by atoms with E-state index in [9.17, 15) is 22.8 Å². The van der Waals surface area contributed by atoms with Crippen molar-refractivity contribution in [3.8, 4) is 5.75 Å². The van der Waals surface area contributed by atoms with Gasteiger partial charge < -0.3 is 35.9 Å². The van der Waals surface area contributed by atoms with Gasteiger partial charge in [0, 0.05) is 12.5 Å². The van der Waals surface area contributed by atoms with E-state index in [4.69, 9.17) is 19.9 Å². The van der Waals surface area contributed by atoms with Gasteiger partial charge in [0.1, 0.15) is 42.8 Å². The van der Waals surface area contributed by atoms with E-state index in [2.05, 4.69) is 16.0 Å². The number of morpholine rings is 1. The van der Waals surface area contributed by atoms with Crippen LogP contribution in [-0.4, -0.2) is 56.6 Å². The van der Waals surface area contributed by atoms with E-state index < -0.39 is 53.6 Å². The summed E-state index contributed by atoms with van der Waals surface area (Å²) in [6.07, 6.45) is -1.13. The summed E-state index contributed by atoms with van der Waals surface area (Å²) in [5.41, 5.74) is 7.74. The highest BCUT2D eigenvalue weighted by atomic mass is 19.1. The van der Waals surface area contributed by atoms with Gasteiger partial charge in [-0.1, -0.05) is 42.5 Å². The van der Waals surface area contributed by atoms with Crippen LogP contribution in [0.2, 0.25) is 0 Å². The zero-order valence-electron chi connectivity index (χ0n) is 26.5. The van der Waals surface area contributed by atoms with Crippen LogP contribution in [-0.2, 0) is 14.3 Å². The molecular formula is C36H36F4N4O5. The first kappa shape index (κ1) is 35.2. The van der Waals surface area contributed by atoms with Crippen LogP contribution in [0.4, 0.5) is 28.0 Å². The SMILES string of the molecule is C[C@H](NC(=O)OC[C@@H]1CO[C@H](COc2c(F)cccc2N[C@H](C(N)=O)C(c2ccc(F)cc2)c2ccc(F)cc2)CN1)c1ccc(F)cc1. The maximum atomic E-state index is 15.2. The van der Waals surface area contributed by atoms with Crippen LogP contribution in [0, 0.1) is 23.3 Å². The van der Waals surface area contributed by atoms with Crippen molar-refractivity contribution in [1.29, 1.82) is 0 Å². The highest BCUT2D eigenvalue weighted by Crippen LogP contribution is 2.34. The van der Waals surface area contributed by atoms with Gasteiger partial charge in [-0.15, -0.1) is 0 Å². The van der Waals surface area contributed by atoms with Crippen molar-refractivity contribution >= 4 is 17.7 Å². The quantitative estimate of drug-likeness (QED) is 0.136. The minimum Gasteiger partial charge on any atom is -0.486 e. The molecular weight excluding hydrogens is 644 g/mol. The topological polar surface area (TPSA) is 124 Å². The summed E-state index contributed by atoms with van der Waals surface area (Å²) in [5.74, 6) is -3.81. The van der Waals surface area contributed by atoms with Gasteiger partial charge in [-0.25, -0.2) is 22.4 Å². The molecule has 5 N–H and O–H groups in total. The number of benzene rings is 4. The van der Waals surface area contributed by atoms with Gasteiger partial charge in [0.15, 0.2) is 11.6 Å². The Balaban J connectivity index is 1.19. The Bertz CT molecular complexity index is 1660. The first-order valence-corrected chi connectivity index (χ1v) is 15.6. The predicted molar refractivity (Wildman–Crippen MR) is 174 cm³/mol. The molecule has 0 bridgehead atoms. The van der Waals surface area contributed by atoms with Gasteiger partial charge in [-0.2, -0.15) is 0 Å². The number of ether oxygens (including phenoxy) is 3. The van der Waals surface area contributed by atoms with Crippen LogP contribution in [0.3, 0.4) is 0 Å². The van der Waals surface area contributed by atoms with Crippen molar-refractivity contribution in [3.63, 3.8) is 0 Å². The second-order valence-electron chi connectivity index (χ2n) is 11.6. The summed E-state index contributed by atoms with van der Waals surface area (Å²) in [4.78, 5) is 25.2. The summed E-state index contributed by atoms with van der Waals surface area (Å²) < 4.78 is 72.9. The molecule has 5 rings (SSSR count). The fourth-order valence-corrected chi connectivity index (χ4v) is 5.46. The van der Waals surface area contributed by atoms with Gasteiger partial charge in [0.05, 0.1) is 24.4 Å². The largest absolute Gasteiger partial charge is 0.486 e. The van der Waals surface area contributed by atoms with Gasteiger partial charge in [-0.3, -0.25) is 4.79 Å². The van der Waals surface area contributed by atoms with Gasteiger partial charge in [0.25, 0.3) is 0 Å². The fraction of sp³-hybridized carbons (Fsp3) is 0.278. The number of hydrogen-bond donors (Lipinski definition) is 4. The zero-order chi connectivity index (χ0) is 34.9. The van der Waals surface area contributed by atoms with Crippen molar-refractivity contribution in [3.05, 3.63) is 131 Å². The van der Waals surface area contributed by atoms with E-state index >= 15 is 4.39 Å². The molecule has 0 unspecified atom stereocenters. The number of hydrogen-bond acceptors (Lipinski definition) is 7. The van der Waals surface area contributed by atoms with Crippen molar-refractivity contribution in [2.24, 2.45) is 5.73 Å². The van der Waals surface area contributed by atoms with E-state index in [1.165, 1.54) is 78.9 Å². The molecule has 258 valence electrons. The van der Waals surface area contributed by atoms with E-state index in [0.29, 0.717) is 17.7 Å². The molecule has 1 saturated heterocycles. The Hall–Kier alpha value is -5.14. The fourth-order valence-electron chi connectivity index (χ4n) is 5.46. The first-order valence-electron chi connectivity index (χ1n) is 15.6. The molecule has 13 heteroatoms. The second kappa shape index (κ2) is 16.3. The standard InChI is InChI=1S/C36H36F4N4O5/c1-21(22-5-11-25(37)12-6-22)43-36(46)49-19-28-18-47-29(17-42-28)20-48-34-30(40)3-2-4-31(34)44-33(35(41)45)32(23-7-13-26(38)14-8-23)24-9-15-27(39)16-10-24/h2-16,21,28-29,32-33,42,44H,17-20H2,1H3,(H2,41,45)(H,43,46)/t21-,28-,29-,33-/m0/s1. The number of amides is 2. The third-order valence-electron chi connectivity index (χ3n) is 8.08. The number of carbonyl (C=O) groups excluding carboxylic acids is 2. The minimum absolute atomic E-state index is 0.0225. The van der Waals surface area contributed by atoms with Crippen LogP contribution < -0.4 is 26.4 Å². The molecule has 0 radical (unpaired) electrons. The number of carbonyl (C=O) groups is 2. The van der Waals surface area contributed by atoms with E-state index in [1.54, 1.807) is 19.1 Å². The lowest BCUT2D eigenvalue weighted by molar-refractivity contribution is -0.119.